The van der Waals surface area contributed by atoms with Crippen LogP contribution in [0.15, 0.2) is 36.4 Å². The van der Waals surface area contributed by atoms with Crippen LogP contribution < -0.4 is 19.5 Å². The second-order valence-electron chi connectivity index (χ2n) is 4.37. The highest BCUT2D eigenvalue weighted by atomic mass is 35.5. The Hall–Kier alpha value is -2.40. The van der Waals surface area contributed by atoms with Gasteiger partial charge in [0.15, 0.2) is 11.5 Å². The molecule has 0 spiro atoms. The number of carbonyl (C=O) groups excluding carboxylic acids is 1. The number of amides is 1. The van der Waals surface area contributed by atoms with E-state index < -0.39 is 0 Å². The van der Waals surface area contributed by atoms with Crippen LogP contribution in [0.4, 0.5) is 5.69 Å². The third kappa shape index (κ3) is 3.43. The minimum atomic E-state index is -0.304. The first-order valence-corrected chi connectivity index (χ1v) is 6.83. The average molecular weight is 322 g/mol. The van der Waals surface area contributed by atoms with Crippen LogP contribution in [0.2, 0.25) is 5.02 Å². The van der Waals surface area contributed by atoms with E-state index in [-0.39, 0.29) is 5.91 Å². The molecular formula is C16H16ClNO4. The molecule has 0 aromatic heterocycles. The lowest BCUT2D eigenvalue weighted by molar-refractivity contribution is 0.102. The Morgan fingerprint density at radius 1 is 0.909 bits per heavy atom. The largest absolute Gasteiger partial charge is 0.495 e. The third-order valence-electron chi connectivity index (χ3n) is 3.06. The summed E-state index contributed by atoms with van der Waals surface area (Å²) >= 11 is 5.95. The summed E-state index contributed by atoms with van der Waals surface area (Å²) in [5.41, 5.74) is 0.925. The van der Waals surface area contributed by atoms with Crippen molar-refractivity contribution in [2.24, 2.45) is 0 Å². The summed E-state index contributed by atoms with van der Waals surface area (Å²) in [4.78, 5) is 12.4. The lowest BCUT2D eigenvalue weighted by Gasteiger charge is -2.12. The van der Waals surface area contributed by atoms with Gasteiger partial charge in [-0.05, 0) is 36.4 Å². The number of hydrogen-bond acceptors (Lipinski definition) is 4. The topological polar surface area (TPSA) is 56.8 Å². The zero-order valence-corrected chi connectivity index (χ0v) is 13.2. The van der Waals surface area contributed by atoms with Gasteiger partial charge in [0, 0.05) is 10.6 Å². The first-order valence-electron chi connectivity index (χ1n) is 6.46. The molecule has 0 radical (unpaired) electrons. The quantitative estimate of drug-likeness (QED) is 0.914. The van der Waals surface area contributed by atoms with Crippen LogP contribution in [0.3, 0.4) is 0 Å². The molecule has 0 bridgehead atoms. The van der Waals surface area contributed by atoms with Gasteiger partial charge >= 0.3 is 0 Å². The summed E-state index contributed by atoms with van der Waals surface area (Å²) in [7, 11) is 4.57. The molecule has 0 fully saturated rings. The highest BCUT2D eigenvalue weighted by Crippen LogP contribution is 2.30. The summed E-state index contributed by atoms with van der Waals surface area (Å²) in [6, 6.07) is 9.92. The third-order valence-corrected chi connectivity index (χ3v) is 3.29. The summed E-state index contributed by atoms with van der Waals surface area (Å²) < 4.78 is 15.5. The number of benzene rings is 2. The molecule has 2 rings (SSSR count). The van der Waals surface area contributed by atoms with Gasteiger partial charge < -0.3 is 19.5 Å². The Kier molecular flexibility index (Phi) is 5.12. The predicted octanol–water partition coefficient (Wildman–Crippen LogP) is 3.62. The Labute approximate surface area is 133 Å². The van der Waals surface area contributed by atoms with E-state index in [0.29, 0.717) is 33.5 Å². The van der Waals surface area contributed by atoms with Crippen LogP contribution in [0.5, 0.6) is 17.2 Å². The van der Waals surface area contributed by atoms with Gasteiger partial charge in [-0.2, -0.15) is 0 Å². The van der Waals surface area contributed by atoms with E-state index in [0.717, 1.165) is 0 Å². The molecule has 0 atom stereocenters. The Bertz CT molecular complexity index is 688. The lowest BCUT2D eigenvalue weighted by Crippen LogP contribution is -2.13. The minimum absolute atomic E-state index is 0.304. The molecule has 1 amide bonds. The van der Waals surface area contributed by atoms with Crippen molar-refractivity contribution in [3.63, 3.8) is 0 Å². The molecule has 22 heavy (non-hydrogen) atoms. The van der Waals surface area contributed by atoms with E-state index in [9.17, 15) is 4.79 Å². The minimum Gasteiger partial charge on any atom is -0.495 e. The SMILES string of the molecule is COc1ccc(Cl)cc1NC(=O)c1ccc(OC)c(OC)c1. The van der Waals surface area contributed by atoms with Gasteiger partial charge in [-0.1, -0.05) is 11.6 Å². The summed E-state index contributed by atoms with van der Waals surface area (Å²) in [5.74, 6) is 1.26. The Morgan fingerprint density at radius 2 is 1.55 bits per heavy atom. The molecule has 0 unspecified atom stereocenters. The normalized spacial score (nSPS) is 10.0. The van der Waals surface area contributed by atoms with Gasteiger partial charge in [0.05, 0.1) is 27.0 Å². The van der Waals surface area contributed by atoms with Crippen molar-refractivity contribution >= 4 is 23.2 Å². The highest BCUT2D eigenvalue weighted by Gasteiger charge is 2.13. The van der Waals surface area contributed by atoms with Gasteiger partial charge in [-0.25, -0.2) is 0 Å². The van der Waals surface area contributed by atoms with Crippen LogP contribution in [0, 0.1) is 0 Å². The zero-order valence-electron chi connectivity index (χ0n) is 12.5. The molecule has 0 aliphatic carbocycles. The lowest BCUT2D eigenvalue weighted by atomic mass is 10.1. The number of ether oxygens (including phenoxy) is 3. The summed E-state index contributed by atoms with van der Waals surface area (Å²) in [6.07, 6.45) is 0. The van der Waals surface area contributed by atoms with Gasteiger partial charge in [0.2, 0.25) is 0 Å². The van der Waals surface area contributed by atoms with Crippen molar-refractivity contribution in [2.45, 2.75) is 0 Å². The first kappa shape index (κ1) is 16.0. The molecule has 6 heteroatoms. The molecule has 1 N–H and O–H groups in total. The second-order valence-corrected chi connectivity index (χ2v) is 4.80. The molecule has 2 aromatic rings. The summed E-state index contributed by atoms with van der Waals surface area (Å²) in [5, 5.41) is 3.27. The van der Waals surface area contributed by atoms with Crippen molar-refractivity contribution < 1.29 is 19.0 Å². The fourth-order valence-electron chi connectivity index (χ4n) is 1.95. The molecule has 5 nitrogen and oxygen atoms in total. The zero-order chi connectivity index (χ0) is 16.1. The molecule has 0 saturated heterocycles. The number of halogens is 1. The number of methoxy groups -OCH3 is 3. The van der Waals surface area contributed by atoms with E-state index in [1.165, 1.54) is 21.3 Å². The second kappa shape index (κ2) is 7.04. The van der Waals surface area contributed by atoms with Crippen LogP contribution in [-0.4, -0.2) is 27.2 Å². The van der Waals surface area contributed by atoms with Crippen molar-refractivity contribution in [1.82, 2.24) is 0 Å². The maximum atomic E-state index is 12.4. The summed E-state index contributed by atoms with van der Waals surface area (Å²) in [6.45, 7) is 0. The predicted molar refractivity (Wildman–Crippen MR) is 85.5 cm³/mol. The van der Waals surface area contributed by atoms with Crippen molar-refractivity contribution in [3.8, 4) is 17.2 Å². The monoisotopic (exact) mass is 321 g/mol. The van der Waals surface area contributed by atoms with Gasteiger partial charge in [-0.3, -0.25) is 4.79 Å². The highest BCUT2D eigenvalue weighted by molar-refractivity contribution is 6.31. The van der Waals surface area contributed by atoms with Crippen LogP contribution >= 0.6 is 11.6 Å². The smallest absolute Gasteiger partial charge is 0.255 e. The molecule has 116 valence electrons. The fourth-order valence-corrected chi connectivity index (χ4v) is 2.12. The number of rotatable bonds is 5. The van der Waals surface area contributed by atoms with E-state index in [2.05, 4.69) is 5.32 Å². The number of carbonyl (C=O) groups is 1. The van der Waals surface area contributed by atoms with Crippen LogP contribution in [0.25, 0.3) is 0 Å². The van der Waals surface area contributed by atoms with Crippen molar-refractivity contribution in [1.29, 1.82) is 0 Å². The molecule has 0 heterocycles. The average Bonchev–Trinajstić information content (AvgIpc) is 2.54. The molecular weight excluding hydrogens is 306 g/mol. The van der Waals surface area contributed by atoms with E-state index >= 15 is 0 Å². The van der Waals surface area contributed by atoms with Gasteiger partial charge in [-0.15, -0.1) is 0 Å². The van der Waals surface area contributed by atoms with Crippen molar-refractivity contribution in [3.05, 3.63) is 47.0 Å². The maximum Gasteiger partial charge on any atom is 0.255 e. The molecule has 0 aliphatic heterocycles. The molecule has 0 saturated carbocycles. The van der Waals surface area contributed by atoms with E-state index in [1.54, 1.807) is 36.4 Å². The maximum absolute atomic E-state index is 12.4. The number of hydrogen-bond donors (Lipinski definition) is 1. The number of anilines is 1. The van der Waals surface area contributed by atoms with Crippen LogP contribution in [-0.2, 0) is 0 Å². The molecule has 2 aromatic carbocycles. The fraction of sp³-hybridized carbons (Fsp3) is 0.188. The molecule has 0 aliphatic rings. The Balaban J connectivity index is 2.28. The van der Waals surface area contributed by atoms with Gasteiger partial charge in [0.1, 0.15) is 5.75 Å². The first-order chi connectivity index (χ1) is 10.6. The number of nitrogens with one attached hydrogen (secondary N) is 1. The van der Waals surface area contributed by atoms with Crippen molar-refractivity contribution in [2.75, 3.05) is 26.6 Å². The Morgan fingerprint density at radius 3 is 2.18 bits per heavy atom. The van der Waals surface area contributed by atoms with Gasteiger partial charge in [0.25, 0.3) is 5.91 Å². The van der Waals surface area contributed by atoms with Crippen LogP contribution in [0.1, 0.15) is 10.4 Å². The standard InChI is InChI=1S/C16H16ClNO4/c1-20-13-7-5-11(17)9-12(13)18-16(19)10-4-6-14(21-2)15(8-10)22-3/h4-9H,1-3H3,(H,18,19). The van der Waals surface area contributed by atoms with E-state index in [4.69, 9.17) is 25.8 Å². The van der Waals surface area contributed by atoms with E-state index in [1.807, 2.05) is 0 Å².